The lowest BCUT2D eigenvalue weighted by molar-refractivity contribution is -0.145. The maximum Gasteiger partial charge on any atom is 0.344 e. The third-order valence-corrected chi connectivity index (χ3v) is 4.04. The predicted octanol–water partition coefficient (Wildman–Crippen LogP) is 4.57. The van der Waals surface area contributed by atoms with Crippen LogP contribution in [0.4, 0.5) is 4.48 Å². The minimum Gasteiger partial charge on any atom is -0.481 e. The molecule has 2 aromatic rings. The van der Waals surface area contributed by atoms with Gasteiger partial charge in [0.2, 0.25) is 0 Å². The summed E-state index contributed by atoms with van der Waals surface area (Å²) in [4.78, 5) is 23.9. The van der Waals surface area contributed by atoms with Gasteiger partial charge in [-0.25, -0.2) is 4.79 Å². The molecule has 0 fully saturated rings. The summed E-state index contributed by atoms with van der Waals surface area (Å²) in [5, 5.41) is 0.364. The third-order valence-electron chi connectivity index (χ3n) is 3.28. The predicted molar refractivity (Wildman–Crippen MR) is 98.7 cm³/mol. The van der Waals surface area contributed by atoms with Crippen LogP contribution in [-0.2, 0) is 16.1 Å². The monoisotopic (exact) mass is 443 g/mol. The lowest BCUT2D eigenvalue weighted by Gasteiger charge is -2.15. The van der Waals surface area contributed by atoms with Gasteiger partial charge >= 0.3 is 5.97 Å². The summed E-state index contributed by atoms with van der Waals surface area (Å²) in [5.41, 5.74) is 0.574. The highest BCUT2D eigenvalue weighted by Gasteiger charge is 2.21. The standard InChI is InChI=1S/C18H16BrClFNO4/c1-2-25-17(23)11-26-16-9-14(20)7-8-15(16)18(24)22(21)10-12-3-5-13(19)6-4-12/h3-9H,2,10-11H2,1H3. The Hall–Kier alpha value is -2.12. The largest absolute Gasteiger partial charge is 0.481 e. The van der Waals surface area contributed by atoms with Crippen molar-refractivity contribution in [1.29, 1.82) is 0 Å². The Morgan fingerprint density at radius 1 is 1.19 bits per heavy atom. The lowest BCUT2D eigenvalue weighted by atomic mass is 10.1. The van der Waals surface area contributed by atoms with Gasteiger partial charge in [-0.15, -0.1) is 0 Å². The van der Waals surface area contributed by atoms with Crippen LogP contribution in [0.15, 0.2) is 46.9 Å². The molecule has 0 unspecified atom stereocenters. The topological polar surface area (TPSA) is 55.8 Å². The average molecular weight is 445 g/mol. The van der Waals surface area contributed by atoms with E-state index >= 15 is 0 Å². The molecule has 0 atom stereocenters. The van der Waals surface area contributed by atoms with E-state index in [1.807, 2.05) is 0 Å². The fourth-order valence-corrected chi connectivity index (χ4v) is 2.51. The maximum atomic E-state index is 14.4. The average Bonchev–Trinajstić information content (AvgIpc) is 2.61. The van der Waals surface area contributed by atoms with E-state index in [9.17, 15) is 14.1 Å². The smallest absolute Gasteiger partial charge is 0.344 e. The van der Waals surface area contributed by atoms with Crippen molar-refractivity contribution in [2.24, 2.45) is 0 Å². The summed E-state index contributed by atoms with van der Waals surface area (Å²) in [6.07, 6.45) is 0. The molecule has 0 N–H and O–H groups in total. The van der Waals surface area contributed by atoms with Crippen molar-refractivity contribution in [2.75, 3.05) is 13.2 Å². The van der Waals surface area contributed by atoms with E-state index in [-0.39, 0.29) is 29.6 Å². The molecule has 0 aromatic heterocycles. The van der Waals surface area contributed by atoms with Gasteiger partial charge in [-0.2, -0.15) is 5.12 Å². The first kappa shape index (κ1) is 20.2. The summed E-state index contributed by atoms with van der Waals surface area (Å²) >= 11 is 9.20. The van der Waals surface area contributed by atoms with Crippen LogP contribution in [0.3, 0.4) is 0 Å². The highest BCUT2D eigenvalue weighted by Crippen LogP contribution is 2.26. The van der Waals surface area contributed by atoms with Gasteiger partial charge in [0.15, 0.2) is 6.61 Å². The molecule has 0 saturated heterocycles. The van der Waals surface area contributed by atoms with Gasteiger partial charge < -0.3 is 9.47 Å². The summed E-state index contributed by atoms with van der Waals surface area (Å²) in [6, 6.07) is 11.0. The Balaban J connectivity index is 2.13. The van der Waals surface area contributed by atoms with Crippen molar-refractivity contribution < 1.29 is 23.5 Å². The molecule has 0 spiro atoms. The van der Waals surface area contributed by atoms with Crippen molar-refractivity contribution in [3.8, 4) is 5.75 Å². The number of nitrogens with zero attached hydrogens (tertiary/aromatic N) is 1. The van der Waals surface area contributed by atoms with Crippen LogP contribution in [0.25, 0.3) is 0 Å². The number of carbonyl (C=O) groups is 2. The molecule has 2 aromatic carbocycles. The second-order valence-corrected chi connectivity index (χ2v) is 6.54. The molecule has 0 aliphatic rings. The van der Waals surface area contributed by atoms with E-state index in [0.717, 1.165) is 4.47 Å². The molecular weight excluding hydrogens is 429 g/mol. The van der Waals surface area contributed by atoms with E-state index in [4.69, 9.17) is 21.1 Å². The highest BCUT2D eigenvalue weighted by molar-refractivity contribution is 9.10. The third kappa shape index (κ3) is 5.71. The van der Waals surface area contributed by atoms with Crippen molar-refractivity contribution >= 4 is 39.4 Å². The molecule has 5 nitrogen and oxygen atoms in total. The SMILES string of the molecule is CCOC(=O)COc1cc(Cl)ccc1C(=O)N(F)Cc1ccc(Br)cc1. The zero-order valence-electron chi connectivity index (χ0n) is 13.9. The number of ether oxygens (including phenoxy) is 2. The Morgan fingerprint density at radius 3 is 2.54 bits per heavy atom. The number of benzene rings is 2. The quantitative estimate of drug-likeness (QED) is 0.464. The molecule has 0 saturated carbocycles. The van der Waals surface area contributed by atoms with E-state index in [1.54, 1.807) is 31.2 Å². The number of hydrogen-bond acceptors (Lipinski definition) is 4. The first-order valence-corrected chi connectivity index (χ1v) is 8.88. The second-order valence-electron chi connectivity index (χ2n) is 5.19. The van der Waals surface area contributed by atoms with Crippen LogP contribution in [-0.4, -0.2) is 30.2 Å². The van der Waals surface area contributed by atoms with Gasteiger partial charge in [-0.3, -0.25) is 4.79 Å². The van der Waals surface area contributed by atoms with Crippen LogP contribution >= 0.6 is 27.5 Å². The van der Waals surface area contributed by atoms with Crippen molar-refractivity contribution in [3.63, 3.8) is 0 Å². The zero-order valence-corrected chi connectivity index (χ0v) is 16.2. The molecule has 0 aliphatic carbocycles. The molecule has 26 heavy (non-hydrogen) atoms. The first-order chi connectivity index (χ1) is 12.4. The molecule has 2 rings (SSSR count). The zero-order chi connectivity index (χ0) is 19.1. The van der Waals surface area contributed by atoms with Crippen molar-refractivity contribution in [2.45, 2.75) is 13.5 Å². The number of hydrogen-bond donors (Lipinski definition) is 0. The normalized spacial score (nSPS) is 10.3. The fourth-order valence-electron chi connectivity index (χ4n) is 2.08. The van der Waals surface area contributed by atoms with Gasteiger partial charge in [0.25, 0.3) is 5.91 Å². The fraction of sp³-hybridized carbons (Fsp3) is 0.222. The Labute approximate surface area is 163 Å². The summed E-state index contributed by atoms with van der Waals surface area (Å²) in [5.74, 6) is -1.49. The van der Waals surface area contributed by atoms with Gasteiger partial charge in [0.05, 0.1) is 18.7 Å². The summed E-state index contributed by atoms with van der Waals surface area (Å²) < 4.78 is 25.3. The summed E-state index contributed by atoms with van der Waals surface area (Å²) in [6.45, 7) is 1.23. The summed E-state index contributed by atoms with van der Waals surface area (Å²) in [7, 11) is 0. The van der Waals surface area contributed by atoms with Crippen LogP contribution in [0.1, 0.15) is 22.8 Å². The van der Waals surface area contributed by atoms with Gasteiger partial charge in [0, 0.05) is 9.50 Å². The number of carbonyl (C=O) groups excluding carboxylic acids is 2. The number of amides is 1. The van der Waals surface area contributed by atoms with Crippen molar-refractivity contribution in [3.05, 3.63) is 63.1 Å². The van der Waals surface area contributed by atoms with E-state index in [0.29, 0.717) is 10.6 Å². The van der Waals surface area contributed by atoms with Crippen LogP contribution in [0.5, 0.6) is 5.75 Å². The van der Waals surface area contributed by atoms with Gasteiger partial charge in [-0.1, -0.05) is 44.1 Å². The molecule has 0 aliphatic heterocycles. The molecule has 0 heterocycles. The Bertz CT molecular complexity index is 785. The molecular formula is C18H16BrClFNO4. The van der Waals surface area contributed by atoms with E-state index in [2.05, 4.69) is 15.9 Å². The maximum absolute atomic E-state index is 14.4. The van der Waals surface area contributed by atoms with Gasteiger partial charge in [0.1, 0.15) is 5.75 Å². The van der Waals surface area contributed by atoms with Crippen LogP contribution < -0.4 is 4.74 Å². The Kier molecular flexibility index (Phi) is 7.41. The van der Waals surface area contributed by atoms with E-state index < -0.39 is 18.5 Å². The lowest BCUT2D eigenvalue weighted by Crippen LogP contribution is -2.23. The molecule has 0 bridgehead atoms. The Morgan fingerprint density at radius 2 is 1.88 bits per heavy atom. The number of rotatable bonds is 7. The second kappa shape index (κ2) is 9.54. The van der Waals surface area contributed by atoms with Gasteiger partial charge in [-0.05, 0) is 42.8 Å². The minimum absolute atomic E-state index is 0.00834. The highest BCUT2D eigenvalue weighted by atomic mass is 79.9. The van der Waals surface area contributed by atoms with Crippen LogP contribution in [0, 0.1) is 0 Å². The molecule has 1 amide bonds. The first-order valence-electron chi connectivity index (χ1n) is 7.70. The molecule has 8 heteroatoms. The number of esters is 1. The van der Waals surface area contributed by atoms with E-state index in [1.165, 1.54) is 18.2 Å². The molecule has 138 valence electrons. The minimum atomic E-state index is -0.900. The number of halogens is 3. The van der Waals surface area contributed by atoms with Crippen LogP contribution in [0.2, 0.25) is 5.02 Å². The molecule has 0 radical (unpaired) electrons. The van der Waals surface area contributed by atoms with Crippen molar-refractivity contribution in [1.82, 2.24) is 5.12 Å².